The van der Waals surface area contributed by atoms with E-state index in [0.29, 0.717) is 48.2 Å². The molecule has 10 nitrogen and oxygen atoms in total. The first-order valence-electron chi connectivity index (χ1n) is 13.8. The van der Waals surface area contributed by atoms with Crippen LogP contribution in [0.15, 0.2) is 91.4 Å². The number of anilines is 1. The minimum absolute atomic E-state index is 0.117. The molecule has 0 unspecified atom stereocenters. The highest BCUT2D eigenvalue weighted by atomic mass is 19.1. The third-order valence-corrected chi connectivity index (χ3v) is 6.82. The van der Waals surface area contributed by atoms with Gasteiger partial charge in [0.2, 0.25) is 11.7 Å². The number of amides is 1. The molecule has 1 aliphatic heterocycles. The number of carbonyl (C=O) groups excluding carboxylic acids is 1. The van der Waals surface area contributed by atoms with Crippen LogP contribution in [-0.2, 0) is 26.7 Å². The molecule has 0 radical (unpaired) electrons. The number of H-pyrrole nitrogens is 1. The fraction of sp³-hybridized carbons (Fsp3) is 0.219. The SMILES string of the molecule is CC1COC(CC(=O)Nc2cccnc2)(c2nc(-c3ccc(F)cc3)c(-c3ccnc(OCc4ccccc4)n3)[nH]2)OC1. The Kier molecular flexibility index (Phi) is 8.16. The third-order valence-electron chi connectivity index (χ3n) is 6.82. The molecular weight excluding hydrogens is 551 g/mol. The van der Waals surface area contributed by atoms with Crippen LogP contribution in [0.25, 0.3) is 22.6 Å². The number of halogens is 1. The van der Waals surface area contributed by atoms with Crippen LogP contribution in [0.2, 0.25) is 0 Å². The highest BCUT2D eigenvalue weighted by Gasteiger charge is 2.44. The van der Waals surface area contributed by atoms with Crippen molar-refractivity contribution < 1.29 is 23.4 Å². The van der Waals surface area contributed by atoms with E-state index in [1.54, 1.807) is 48.9 Å². The van der Waals surface area contributed by atoms with Gasteiger partial charge in [0.15, 0.2) is 5.82 Å². The number of carbonyl (C=O) groups is 1. The lowest BCUT2D eigenvalue weighted by Crippen LogP contribution is -2.44. The van der Waals surface area contributed by atoms with Gasteiger partial charge in [0.25, 0.3) is 0 Å². The van der Waals surface area contributed by atoms with E-state index in [1.165, 1.54) is 12.1 Å². The van der Waals surface area contributed by atoms with Crippen molar-refractivity contribution in [1.29, 1.82) is 0 Å². The van der Waals surface area contributed by atoms with E-state index in [-0.39, 0.29) is 35.9 Å². The summed E-state index contributed by atoms with van der Waals surface area (Å²) in [6, 6.07) is 21.0. The Morgan fingerprint density at radius 1 is 1.02 bits per heavy atom. The van der Waals surface area contributed by atoms with Gasteiger partial charge in [-0.25, -0.2) is 14.4 Å². The zero-order chi connectivity index (χ0) is 29.6. The molecule has 0 bridgehead atoms. The van der Waals surface area contributed by atoms with E-state index in [9.17, 15) is 9.18 Å². The van der Waals surface area contributed by atoms with Crippen LogP contribution in [0.4, 0.5) is 10.1 Å². The number of aromatic amines is 1. The molecule has 43 heavy (non-hydrogen) atoms. The van der Waals surface area contributed by atoms with Crippen LogP contribution < -0.4 is 10.1 Å². The van der Waals surface area contributed by atoms with Gasteiger partial charge in [0.1, 0.15) is 12.4 Å². The molecular formula is C32H29FN6O4. The Balaban J connectivity index is 1.37. The molecule has 2 N–H and O–H groups in total. The molecule has 3 aromatic heterocycles. The van der Waals surface area contributed by atoms with Crippen LogP contribution >= 0.6 is 0 Å². The fourth-order valence-corrected chi connectivity index (χ4v) is 4.65. The normalized spacial score (nSPS) is 18.2. The predicted molar refractivity (Wildman–Crippen MR) is 156 cm³/mol. The highest BCUT2D eigenvalue weighted by molar-refractivity contribution is 5.91. The number of hydrogen-bond acceptors (Lipinski definition) is 8. The Bertz CT molecular complexity index is 1670. The average molecular weight is 581 g/mol. The first kappa shape index (κ1) is 28.1. The molecule has 4 heterocycles. The second kappa shape index (κ2) is 12.5. The van der Waals surface area contributed by atoms with Gasteiger partial charge in [-0.3, -0.25) is 9.78 Å². The molecule has 0 spiro atoms. The van der Waals surface area contributed by atoms with E-state index >= 15 is 0 Å². The van der Waals surface area contributed by atoms with Gasteiger partial charge in [-0.1, -0.05) is 37.3 Å². The number of pyridine rings is 1. The first-order valence-corrected chi connectivity index (χ1v) is 13.8. The average Bonchev–Trinajstić information content (AvgIpc) is 3.49. The molecule has 11 heteroatoms. The zero-order valence-electron chi connectivity index (χ0n) is 23.4. The van der Waals surface area contributed by atoms with Crippen molar-refractivity contribution in [2.75, 3.05) is 18.5 Å². The lowest BCUT2D eigenvalue weighted by Gasteiger charge is -2.37. The molecule has 1 aliphatic rings. The smallest absolute Gasteiger partial charge is 0.317 e. The number of ether oxygens (including phenoxy) is 3. The molecule has 0 atom stereocenters. The number of aromatic nitrogens is 5. The van der Waals surface area contributed by atoms with Crippen LogP contribution in [0.3, 0.4) is 0 Å². The summed E-state index contributed by atoms with van der Waals surface area (Å²) < 4.78 is 32.2. The van der Waals surface area contributed by atoms with Gasteiger partial charge in [0, 0.05) is 23.9 Å². The van der Waals surface area contributed by atoms with E-state index in [2.05, 4.69) is 25.3 Å². The van der Waals surface area contributed by atoms with Gasteiger partial charge < -0.3 is 24.5 Å². The number of hydrogen-bond donors (Lipinski definition) is 2. The summed E-state index contributed by atoms with van der Waals surface area (Å²) >= 11 is 0. The first-order chi connectivity index (χ1) is 21.0. The van der Waals surface area contributed by atoms with E-state index in [0.717, 1.165) is 5.56 Å². The van der Waals surface area contributed by atoms with Crippen molar-refractivity contribution in [2.24, 2.45) is 5.92 Å². The van der Waals surface area contributed by atoms with Crippen molar-refractivity contribution in [3.63, 3.8) is 0 Å². The van der Waals surface area contributed by atoms with Crippen LogP contribution in [0.5, 0.6) is 6.01 Å². The molecule has 1 fully saturated rings. The number of nitrogens with zero attached hydrogens (tertiary/aromatic N) is 4. The van der Waals surface area contributed by atoms with Crippen LogP contribution in [0.1, 0.15) is 24.7 Å². The molecule has 2 aromatic carbocycles. The molecule has 0 saturated carbocycles. The van der Waals surface area contributed by atoms with Crippen LogP contribution in [0, 0.1) is 11.7 Å². The van der Waals surface area contributed by atoms with Gasteiger partial charge >= 0.3 is 6.01 Å². The zero-order valence-corrected chi connectivity index (χ0v) is 23.4. The maximum Gasteiger partial charge on any atom is 0.317 e. The lowest BCUT2D eigenvalue weighted by molar-refractivity contribution is -0.293. The minimum atomic E-state index is -1.51. The van der Waals surface area contributed by atoms with E-state index < -0.39 is 5.79 Å². The number of nitrogens with one attached hydrogen (secondary N) is 2. The highest BCUT2D eigenvalue weighted by Crippen LogP contribution is 2.39. The lowest BCUT2D eigenvalue weighted by atomic mass is 10.1. The van der Waals surface area contributed by atoms with Gasteiger partial charge in [-0.2, -0.15) is 4.98 Å². The number of benzene rings is 2. The molecule has 6 rings (SSSR count). The van der Waals surface area contributed by atoms with Crippen molar-refractivity contribution in [1.82, 2.24) is 24.9 Å². The van der Waals surface area contributed by atoms with Crippen molar-refractivity contribution in [3.05, 3.63) is 109 Å². The Morgan fingerprint density at radius 3 is 2.56 bits per heavy atom. The largest absolute Gasteiger partial charge is 0.459 e. The second-order valence-corrected chi connectivity index (χ2v) is 10.3. The third kappa shape index (κ3) is 6.58. The Morgan fingerprint density at radius 2 is 1.81 bits per heavy atom. The van der Waals surface area contributed by atoms with Crippen LogP contribution in [-0.4, -0.2) is 44.0 Å². The standard InChI is InChI=1S/C32H29FN6O4/c1-21-18-42-32(43-19-21,16-27(40)36-25-8-5-14-34-17-25)30-38-28(23-9-11-24(33)12-10-23)29(39-30)26-13-15-35-31(37-26)41-20-22-6-3-2-4-7-22/h2-15,17,21H,16,18-20H2,1H3,(H,36,40)(H,38,39). The van der Waals surface area contributed by atoms with Gasteiger partial charge in [-0.05, 0) is 48.0 Å². The topological polar surface area (TPSA) is 124 Å². The molecule has 218 valence electrons. The van der Waals surface area contributed by atoms with Gasteiger partial charge in [-0.15, -0.1) is 0 Å². The summed E-state index contributed by atoms with van der Waals surface area (Å²) in [5, 5.41) is 2.84. The fourth-order valence-electron chi connectivity index (χ4n) is 4.65. The van der Waals surface area contributed by atoms with Crippen molar-refractivity contribution >= 4 is 11.6 Å². The molecule has 0 aliphatic carbocycles. The summed E-state index contributed by atoms with van der Waals surface area (Å²) in [5.74, 6) is -1.84. The molecule has 5 aromatic rings. The number of rotatable bonds is 9. The van der Waals surface area contributed by atoms with E-state index in [1.807, 2.05) is 37.3 Å². The van der Waals surface area contributed by atoms with E-state index in [4.69, 9.17) is 19.2 Å². The molecule has 1 saturated heterocycles. The summed E-state index contributed by atoms with van der Waals surface area (Å²) in [7, 11) is 0. The summed E-state index contributed by atoms with van der Waals surface area (Å²) in [6.45, 7) is 2.99. The summed E-state index contributed by atoms with van der Waals surface area (Å²) in [4.78, 5) is 34.4. The maximum absolute atomic E-state index is 13.9. The predicted octanol–water partition coefficient (Wildman–Crippen LogP) is 5.51. The summed E-state index contributed by atoms with van der Waals surface area (Å²) in [5.41, 5.74) is 3.60. The second-order valence-electron chi connectivity index (χ2n) is 10.3. The number of imidazole rings is 1. The van der Waals surface area contributed by atoms with Gasteiger partial charge in [0.05, 0.1) is 48.6 Å². The Hall–Kier alpha value is -5.00. The minimum Gasteiger partial charge on any atom is -0.459 e. The van der Waals surface area contributed by atoms with Crippen molar-refractivity contribution in [2.45, 2.75) is 25.7 Å². The monoisotopic (exact) mass is 580 g/mol. The maximum atomic E-state index is 13.9. The Labute approximate surface area is 247 Å². The molecule has 1 amide bonds. The summed E-state index contributed by atoms with van der Waals surface area (Å²) in [6.07, 6.45) is 4.58. The quantitative estimate of drug-likeness (QED) is 0.234. The van der Waals surface area contributed by atoms with Crippen molar-refractivity contribution in [3.8, 4) is 28.7 Å².